The first-order chi connectivity index (χ1) is 17.5. The first kappa shape index (κ1) is 23.5. The van der Waals surface area contributed by atoms with Gasteiger partial charge in [0.25, 0.3) is 11.8 Å². The Morgan fingerprint density at radius 1 is 1.03 bits per heavy atom. The molecule has 1 fully saturated rings. The van der Waals surface area contributed by atoms with E-state index >= 15 is 0 Å². The number of likely N-dealkylation sites (tertiary alicyclic amines) is 1. The average molecular weight is 510 g/mol. The highest BCUT2D eigenvalue weighted by atomic mass is 32.1. The fourth-order valence-corrected chi connectivity index (χ4v) is 4.72. The van der Waals surface area contributed by atoms with Gasteiger partial charge in [-0.05, 0) is 37.1 Å². The highest BCUT2D eigenvalue weighted by Crippen LogP contribution is 2.34. The van der Waals surface area contributed by atoms with E-state index in [0.717, 1.165) is 11.3 Å². The van der Waals surface area contributed by atoms with E-state index in [4.69, 9.17) is 14.2 Å². The van der Waals surface area contributed by atoms with Crippen LogP contribution in [-0.4, -0.2) is 59.8 Å². The second kappa shape index (κ2) is 10.2. The highest BCUT2D eigenvalue weighted by molar-refractivity contribution is 7.15. The number of amides is 3. The number of benzene rings is 2. The topological polar surface area (TPSA) is 132 Å². The Morgan fingerprint density at radius 2 is 1.83 bits per heavy atom. The second-order valence-electron chi connectivity index (χ2n) is 8.25. The van der Waals surface area contributed by atoms with Crippen LogP contribution in [0.25, 0.3) is 0 Å². The van der Waals surface area contributed by atoms with Gasteiger partial charge in [0.15, 0.2) is 11.5 Å². The number of carbonyl (C=O) groups is 3. The Kier molecular flexibility index (Phi) is 6.67. The van der Waals surface area contributed by atoms with Gasteiger partial charge in [-0.25, -0.2) is 0 Å². The molecule has 2 N–H and O–H groups in total. The molecule has 1 saturated heterocycles. The molecular weight excluding hydrogens is 486 g/mol. The zero-order valence-electron chi connectivity index (χ0n) is 19.4. The van der Waals surface area contributed by atoms with Crippen LogP contribution in [0.5, 0.6) is 17.2 Å². The summed E-state index contributed by atoms with van der Waals surface area (Å²) in [5.74, 6) is 0.415. The summed E-state index contributed by atoms with van der Waals surface area (Å²) >= 11 is 0.908. The summed E-state index contributed by atoms with van der Waals surface area (Å²) in [5.41, 5.74) is 1.14. The van der Waals surface area contributed by atoms with Crippen LogP contribution in [-0.2, 0) is 4.79 Å². The van der Waals surface area contributed by atoms with Gasteiger partial charge in [-0.1, -0.05) is 17.4 Å². The van der Waals surface area contributed by atoms with Crippen LogP contribution in [0.15, 0.2) is 42.5 Å². The maximum Gasteiger partial charge on any atom is 0.286 e. The third-order valence-electron chi connectivity index (χ3n) is 5.85. The van der Waals surface area contributed by atoms with Crippen molar-refractivity contribution in [3.05, 3.63) is 52.5 Å². The number of piperidine rings is 1. The summed E-state index contributed by atoms with van der Waals surface area (Å²) < 4.78 is 15.8. The molecule has 0 radical (unpaired) electrons. The molecule has 0 unspecified atom stereocenters. The number of aromatic nitrogens is 2. The van der Waals surface area contributed by atoms with E-state index in [1.807, 2.05) is 0 Å². The monoisotopic (exact) mass is 509 g/mol. The van der Waals surface area contributed by atoms with E-state index in [0.29, 0.717) is 48.0 Å². The third-order valence-corrected chi connectivity index (χ3v) is 6.76. The Morgan fingerprint density at radius 3 is 2.69 bits per heavy atom. The van der Waals surface area contributed by atoms with Crippen molar-refractivity contribution in [3.8, 4) is 17.2 Å². The van der Waals surface area contributed by atoms with Crippen LogP contribution in [0.3, 0.4) is 0 Å². The maximum absolute atomic E-state index is 13.1. The van der Waals surface area contributed by atoms with Crippen molar-refractivity contribution in [2.45, 2.75) is 12.8 Å². The lowest BCUT2D eigenvalue weighted by molar-refractivity contribution is -0.121. The lowest BCUT2D eigenvalue weighted by Crippen LogP contribution is -2.43. The van der Waals surface area contributed by atoms with Crippen LogP contribution in [0, 0.1) is 5.92 Å². The van der Waals surface area contributed by atoms with Crippen molar-refractivity contribution in [1.29, 1.82) is 0 Å². The molecule has 3 heterocycles. The summed E-state index contributed by atoms with van der Waals surface area (Å²) in [7, 11) is 1.56. The van der Waals surface area contributed by atoms with Crippen molar-refractivity contribution >= 4 is 40.4 Å². The van der Waals surface area contributed by atoms with Gasteiger partial charge in [-0.3, -0.25) is 14.4 Å². The number of nitrogens with one attached hydrogen (secondary N) is 2. The van der Waals surface area contributed by atoms with E-state index in [-0.39, 0.29) is 41.1 Å². The number of anilines is 2. The first-order valence-electron chi connectivity index (χ1n) is 11.3. The molecule has 3 amide bonds. The van der Waals surface area contributed by atoms with Crippen LogP contribution < -0.4 is 24.8 Å². The highest BCUT2D eigenvalue weighted by Gasteiger charge is 2.31. The minimum absolute atomic E-state index is 0.0559. The lowest BCUT2D eigenvalue weighted by atomic mass is 9.97. The van der Waals surface area contributed by atoms with Gasteiger partial charge >= 0.3 is 0 Å². The molecule has 11 nitrogen and oxygen atoms in total. The van der Waals surface area contributed by atoms with Gasteiger partial charge in [0, 0.05) is 36.6 Å². The number of fused-ring (bicyclic) bond motifs is 1. The van der Waals surface area contributed by atoms with Crippen molar-refractivity contribution in [1.82, 2.24) is 15.1 Å². The van der Waals surface area contributed by atoms with Crippen LogP contribution in [0.2, 0.25) is 0 Å². The van der Waals surface area contributed by atoms with Crippen molar-refractivity contribution < 1.29 is 28.6 Å². The summed E-state index contributed by atoms with van der Waals surface area (Å²) in [5, 5.41) is 13.6. The Bertz CT molecular complexity index is 1310. The smallest absolute Gasteiger partial charge is 0.286 e. The van der Waals surface area contributed by atoms with Crippen LogP contribution in [0.4, 0.5) is 11.4 Å². The summed E-state index contributed by atoms with van der Waals surface area (Å²) in [6.07, 6.45) is 1.34. The molecule has 3 aromatic rings. The first-order valence-corrected chi connectivity index (χ1v) is 12.1. The molecule has 1 atom stereocenters. The van der Waals surface area contributed by atoms with E-state index in [9.17, 15) is 14.4 Å². The van der Waals surface area contributed by atoms with Crippen molar-refractivity contribution in [3.63, 3.8) is 0 Å². The molecule has 0 aliphatic carbocycles. The number of hydrogen-bond acceptors (Lipinski definition) is 9. The maximum atomic E-state index is 13.1. The van der Waals surface area contributed by atoms with Gasteiger partial charge in [0.1, 0.15) is 5.75 Å². The molecule has 0 saturated carbocycles. The van der Waals surface area contributed by atoms with Gasteiger partial charge < -0.3 is 29.7 Å². The van der Waals surface area contributed by atoms with Gasteiger partial charge in [-0.2, -0.15) is 0 Å². The minimum Gasteiger partial charge on any atom is -0.497 e. The molecule has 36 heavy (non-hydrogen) atoms. The average Bonchev–Trinajstić information content (AvgIpc) is 3.58. The summed E-state index contributed by atoms with van der Waals surface area (Å²) in [6, 6.07) is 12.1. The number of methoxy groups -OCH3 is 1. The minimum atomic E-state index is -0.486. The number of carbonyl (C=O) groups excluding carboxylic acids is 3. The molecule has 0 spiro atoms. The Hall–Kier alpha value is -4.19. The quantitative estimate of drug-likeness (QED) is 0.518. The SMILES string of the molecule is COc1cccc(NC(=O)[C@@H]2CCCN(C(=O)c3nnc(C(=O)Nc4ccc5c(c4)OCO5)s3)C2)c1. The van der Waals surface area contributed by atoms with E-state index in [1.165, 1.54) is 0 Å². The molecule has 1 aromatic heterocycles. The fourth-order valence-electron chi connectivity index (χ4n) is 4.02. The third kappa shape index (κ3) is 5.08. The standard InChI is InChI=1S/C24H23N5O6S/c1-33-17-6-2-5-15(10-17)25-20(30)14-4-3-9-29(12-14)24(32)23-28-27-22(36-23)21(31)26-16-7-8-18-19(11-16)35-13-34-18/h2,5-8,10-11,14H,3-4,9,12-13H2,1H3,(H,25,30)(H,26,31)/t14-/m1/s1. The molecule has 12 heteroatoms. The molecule has 2 aliphatic heterocycles. The molecule has 0 bridgehead atoms. The summed E-state index contributed by atoms with van der Waals surface area (Å²) in [4.78, 5) is 40.1. The van der Waals surface area contributed by atoms with E-state index < -0.39 is 5.91 Å². The molecule has 186 valence electrons. The van der Waals surface area contributed by atoms with Gasteiger partial charge in [0.05, 0.1) is 13.0 Å². The van der Waals surface area contributed by atoms with E-state index in [1.54, 1.807) is 54.5 Å². The molecule has 2 aliphatic rings. The van der Waals surface area contributed by atoms with Crippen LogP contribution >= 0.6 is 11.3 Å². The van der Waals surface area contributed by atoms with Crippen molar-refractivity contribution in [2.24, 2.45) is 5.92 Å². The Labute approximate surface area is 210 Å². The molecular formula is C24H23N5O6S. The van der Waals surface area contributed by atoms with Gasteiger partial charge in [-0.15, -0.1) is 10.2 Å². The number of rotatable bonds is 6. The van der Waals surface area contributed by atoms with Crippen LogP contribution in [0.1, 0.15) is 32.4 Å². The number of nitrogens with zero attached hydrogens (tertiary/aromatic N) is 3. The predicted molar refractivity (Wildman–Crippen MR) is 131 cm³/mol. The second-order valence-corrected chi connectivity index (χ2v) is 9.22. The van der Waals surface area contributed by atoms with E-state index in [2.05, 4.69) is 20.8 Å². The fraction of sp³-hybridized carbons (Fsp3) is 0.292. The summed E-state index contributed by atoms with van der Waals surface area (Å²) in [6.45, 7) is 0.891. The normalized spacial score (nSPS) is 16.4. The van der Waals surface area contributed by atoms with Crippen molar-refractivity contribution in [2.75, 3.05) is 37.6 Å². The zero-order chi connectivity index (χ0) is 25.1. The zero-order valence-corrected chi connectivity index (χ0v) is 20.2. The predicted octanol–water partition coefficient (Wildman–Crippen LogP) is 3.02. The lowest BCUT2D eigenvalue weighted by Gasteiger charge is -2.31. The Balaban J connectivity index is 1.20. The molecule has 2 aromatic carbocycles. The van der Waals surface area contributed by atoms with Gasteiger partial charge in [0.2, 0.25) is 22.7 Å². The largest absolute Gasteiger partial charge is 0.497 e. The molecule has 5 rings (SSSR count). The number of ether oxygens (including phenoxy) is 3. The number of hydrogen-bond donors (Lipinski definition) is 2.